The highest BCUT2D eigenvalue weighted by atomic mass is 35.5. The first kappa shape index (κ1) is 100. The summed E-state index contributed by atoms with van der Waals surface area (Å²) in [4.78, 5) is 87.8. The van der Waals surface area contributed by atoms with E-state index < -0.39 is 17.3 Å². The largest absolute Gasteiger partial charge is 0.450 e. The van der Waals surface area contributed by atoms with Gasteiger partial charge in [-0.15, -0.1) is 0 Å². The zero-order valence-electron chi connectivity index (χ0n) is 78.9. The van der Waals surface area contributed by atoms with Crippen molar-refractivity contribution in [3.05, 3.63) is 336 Å². The Kier molecular flexibility index (Phi) is 33.4. The topological polar surface area (TPSA) is 214 Å². The number of rotatable bonds is 7. The van der Waals surface area contributed by atoms with Crippen molar-refractivity contribution >= 4 is 116 Å². The molecule has 5 aliphatic heterocycles. The highest BCUT2D eigenvalue weighted by molar-refractivity contribution is 8.13. The van der Waals surface area contributed by atoms with Crippen LogP contribution in [0.2, 0.25) is 25.1 Å². The Morgan fingerprint density at radius 3 is 1.27 bits per heavy atom. The van der Waals surface area contributed by atoms with E-state index >= 15 is 8.78 Å². The fraction of sp³-hybridized carbons (Fsp3) is 0.400. The summed E-state index contributed by atoms with van der Waals surface area (Å²) >= 11 is 32.6. The molecule has 2 unspecified atom stereocenters. The van der Waals surface area contributed by atoms with Crippen LogP contribution in [0.3, 0.4) is 0 Å². The molecule has 5 aromatic heterocycles. The van der Waals surface area contributed by atoms with Gasteiger partial charge in [-0.05, 0) is 318 Å². The summed E-state index contributed by atoms with van der Waals surface area (Å²) in [6, 6.07) is 49.7. The van der Waals surface area contributed by atoms with Crippen molar-refractivity contribution in [2.24, 2.45) is 5.92 Å². The second-order valence-electron chi connectivity index (χ2n) is 36.2. The maximum Gasteiger partial charge on any atom is 0.409 e. The normalized spacial score (nSPS) is 18.5. The summed E-state index contributed by atoms with van der Waals surface area (Å²) in [5.41, 5.74) is 25.6. The summed E-state index contributed by atoms with van der Waals surface area (Å²) in [6.45, 7) is 16.6. The van der Waals surface area contributed by atoms with E-state index in [1.165, 1.54) is 83.3 Å². The van der Waals surface area contributed by atoms with Crippen molar-refractivity contribution in [2.45, 2.75) is 180 Å². The molecule has 10 aliphatic rings. The molecule has 5 aliphatic carbocycles. The number of nitrogens with zero attached hydrogens (tertiary/aromatic N) is 10. The SMILES string of the molecule is CCOC(=O)N1CCC(=C2c3ccc(Cl)cc3CCc3ccc[n+](O)c32)CC1.CCOC(=O)N1CCC(=C2c3ccc(Cl)cc3CCc3cccnc32)CC1.CCOC(=O)N1CCC(C2(F)c3ccc(Cl)cc3CCc3cccnc32)CC1.CCOC(=O)N1CCC(F)(C2c3ccc(Cl)cc3CCc3cccnc32)CC1.CCSC(=O)N1CCC(=C2c3ccc(Cl)cc3CCc3cccnc32)CC1. The van der Waals surface area contributed by atoms with Crippen molar-refractivity contribution in [3.8, 4) is 0 Å². The maximum absolute atomic E-state index is 17.1. The van der Waals surface area contributed by atoms with Crippen molar-refractivity contribution < 1.29 is 61.6 Å². The molecule has 5 amide bonds. The summed E-state index contributed by atoms with van der Waals surface area (Å²) < 4.78 is 55.2. The number of aryl methyl sites for hydroxylation is 10. The molecular formula is C110H118Cl5F2N10O10S+. The van der Waals surface area contributed by atoms with Crippen molar-refractivity contribution in [3.63, 3.8) is 0 Å². The van der Waals surface area contributed by atoms with Crippen LogP contribution in [-0.2, 0) is 88.8 Å². The third-order valence-corrected chi connectivity index (χ3v) is 30.1. The van der Waals surface area contributed by atoms with Gasteiger partial charge in [-0.1, -0.05) is 148 Å². The van der Waals surface area contributed by atoms with Crippen LogP contribution >= 0.6 is 69.8 Å². The Morgan fingerprint density at radius 1 is 0.399 bits per heavy atom. The number of piperidine rings is 5. The summed E-state index contributed by atoms with van der Waals surface area (Å²) in [5, 5.41) is 14.4. The Morgan fingerprint density at radius 2 is 0.768 bits per heavy atom. The lowest BCUT2D eigenvalue weighted by Crippen LogP contribution is -2.48. The molecule has 10 heterocycles. The molecule has 2 atom stereocenters. The van der Waals surface area contributed by atoms with Crippen LogP contribution in [-0.4, -0.2) is 183 Å². The van der Waals surface area contributed by atoms with Crippen LogP contribution in [0.1, 0.15) is 217 Å². The van der Waals surface area contributed by atoms with Crippen LogP contribution < -0.4 is 4.73 Å². The molecule has 0 saturated carbocycles. The first-order valence-corrected chi connectivity index (χ1v) is 51.4. The van der Waals surface area contributed by atoms with Crippen LogP contribution in [0.25, 0.3) is 16.7 Å². The number of fused-ring (bicyclic) bond motifs is 10. The standard InChI is InChI=1S/2C22H24ClFN2O2.C22H24ClN2O3.C22H23ClN2O2.C22H23ClN2OS/c1-2-28-21(27)26-12-9-17(10-13-26)22(24)19-8-7-18(23)14-16(19)6-5-15-4-3-11-25-20(15)22;1-2-28-21(27)26-12-9-22(24,10-13-26)19-18-8-7-17(23)14-16(18)6-5-15-4-3-11-25-20(15)19;1-2-28-22(26)24-12-9-15(10-13-24)20-19-8-7-18(23)14-17(19)6-5-16-4-3-11-25(27)21(16)20;2*1-2-27-22(26)25-12-9-15(10-13-25)20-19-8-7-18(23)14-17(19)6-5-16-4-3-11-24-21(16)20/h3-4,7-8,11,14,17H,2,5-6,9-10,12-13H2,1H3;3-4,7-8,11,14,19H,2,5-6,9-10,12-13H2,1H3;3-4,7-8,11,14,27H,2,5-6,9-10,12-13H2,1H3;2*3-4,7-8,11,14H,2,5-6,9-10,12-13H2,1H3/q;;+1;;. The van der Waals surface area contributed by atoms with E-state index in [0.717, 1.165) is 204 Å². The molecule has 0 spiro atoms. The maximum atomic E-state index is 17.1. The van der Waals surface area contributed by atoms with E-state index in [1.807, 2.05) is 135 Å². The molecule has 5 saturated heterocycles. The highest BCUT2D eigenvalue weighted by Crippen LogP contribution is 2.52. The van der Waals surface area contributed by atoms with Gasteiger partial charge in [0.2, 0.25) is 6.20 Å². The molecule has 10 aromatic rings. The third-order valence-electron chi connectivity index (χ3n) is 28.2. The predicted octanol–water partition coefficient (Wildman–Crippen LogP) is 24.4. The Labute approximate surface area is 836 Å². The monoisotopic (exact) mass is 1980 g/mol. The number of ether oxygens (including phenoxy) is 4. The van der Waals surface area contributed by atoms with Gasteiger partial charge in [-0.25, -0.2) is 28.0 Å². The molecular weight excluding hydrogens is 1870 g/mol. The summed E-state index contributed by atoms with van der Waals surface area (Å²) in [5.74, 6) is 0.113. The van der Waals surface area contributed by atoms with Gasteiger partial charge in [0.05, 0.1) is 60.7 Å². The molecule has 28 heteroatoms. The number of thioether (sulfide) groups is 1. The summed E-state index contributed by atoms with van der Waals surface area (Å²) in [6.07, 6.45) is 23.0. The average Bonchev–Trinajstić information content (AvgIpc) is 1.47. The van der Waals surface area contributed by atoms with Gasteiger partial charge in [-0.3, -0.25) is 29.9 Å². The molecule has 0 radical (unpaired) electrons. The third kappa shape index (κ3) is 22.6. The lowest BCUT2D eigenvalue weighted by atomic mass is 9.74. The number of halogens is 7. The van der Waals surface area contributed by atoms with Gasteiger partial charge < -0.3 is 43.4 Å². The molecule has 20 nitrogen and oxygen atoms in total. The minimum Gasteiger partial charge on any atom is -0.450 e. The van der Waals surface area contributed by atoms with Crippen LogP contribution in [0.5, 0.6) is 0 Å². The number of hydrogen-bond donors (Lipinski definition) is 1. The smallest absolute Gasteiger partial charge is 0.409 e. The fourth-order valence-electron chi connectivity index (χ4n) is 21.4. The molecule has 722 valence electrons. The number of carbonyl (C=O) groups excluding carboxylic acids is 5. The van der Waals surface area contributed by atoms with E-state index in [9.17, 15) is 29.2 Å². The van der Waals surface area contributed by atoms with Gasteiger partial charge in [0.1, 0.15) is 5.67 Å². The van der Waals surface area contributed by atoms with E-state index in [2.05, 4.69) is 58.5 Å². The average molecular weight is 1990 g/mol. The van der Waals surface area contributed by atoms with Gasteiger partial charge >= 0.3 is 24.4 Å². The molecule has 5 aromatic carbocycles. The quantitative estimate of drug-likeness (QED) is 0.0892. The lowest BCUT2D eigenvalue weighted by molar-refractivity contribution is -0.906. The molecule has 20 rings (SSSR count). The van der Waals surface area contributed by atoms with E-state index in [-0.39, 0.29) is 48.4 Å². The van der Waals surface area contributed by atoms with Crippen molar-refractivity contribution in [1.29, 1.82) is 0 Å². The number of pyridine rings is 5. The minimum atomic E-state index is -1.69. The Hall–Kier alpha value is -10.9. The van der Waals surface area contributed by atoms with Crippen molar-refractivity contribution in [2.75, 3.05) is 97.6 Å². The van der Waals surface area contributed by atoms with Crippen LogP contribution in [0.15, 0.2) is 199 Å². The zero-order valence-corrected chi connectivity index (χ0v) is 83.5. The number of amides is 5. The fourth-order valence-corrected chi connectivity index (χ4v) is 23.0. The molecule has 0 bridgehead atoms. The number of hydrogen-bond acceptors (Lipinski definition) is 15. The van der Waals surface area contributed by atoms with E-state index in [1.54, 1.807) is 58.1 Å². The number of alkyl halides is 2. The predicted molar refractivity (Wildman–Crippen MR) is 540 cm³/mol. The van der Waals surface area contributed by atoms with Gasteiger partial charge in [0.25, 0.3) is 10.9 Å². The molecule has 138 heavy (non-hydrogen) atoms. The number of aromatic nitrogens is 5. The second kappa shape index (κ2) is 46.0. The van der Waals surface area contributed by atoms with Gasteiger partial charge in [0, 0.05) is 162 Å². The van der Waals surface area contributed by atoms with E-state index in [4.69, 9.17) is 86.9 Å². The van der Waals surface area contributed by atoms with Crippen LogP contribution in [0.4, 0.5) is 32.8 Å². The van der Waals surface area contributed by atoms with Crippen LogP contribution in [0, 0.1) is 5.92 Å². The van der Waals surface area contributed by atoms with Crippen molar-refractivity contribution in [1.82, 2.24) is 44.4 Å². The summed E-state index contributed by atoms with van der Waals surface area (Å²) in [7, 11) is 0. The lowest BCUT2D eigenvalue weighted by Gasteiger charge is -2.41. The van der Waals surface area contributed by atoms with Gasteiger partial charge in [-0.2, -0.15) is 0 Å². The molecule has 1 N–H and O–H groups in total. The first-order chi connectivity index (χ1) is 67.0. The zero-order chi connectivity index (χ0) is 96.7. The molecule has 5 fully saturated rings. The first-order valence-electron chi connectivity index (χ1n) is 48.5. The highest BCUT2D eigenvalue weighted by Gasteiger charge is 2.51. The number of likely N-dealkylation sites (tertiary alicyclic amines) is 5. The number of carbonyl (C=O) groups is 5. The Bertz CT molecular complexity index is 6090. The van der Waals surface area contributed by atoms with Gasteiger partial charge in [0.15, 0.2) is 5.67 Å². The Balaban J connectivity index is 0.000000125. The second-order valence-corrected chi connectivity index (χ2v) is 39.6. The minimum absolute atomic E-state index is 0.202. The van der Waals surface area contributed by atoms with E-state index in [0.29, 0.717) is 113 Å². The number of benzene rings is 5.